The number of aryl methyl sites for hydroxylation is 2. The van der Waals surface area contributed by atoms with Gasteiger partial charge in [0.25, 0.3) is 0 Å². The molecule has 1 atom stereocenters. The van der Waals surface area contributed by atoms with E-state index in [0.717, 1.165) is 11.1 Å². The Hall–Kier alpha value is -2.33. The van der Waals surface area contributed by atoms with Crippen molar-refractivity contribution in [2.24, 2.45) is 0 Å². The molecule has 1 unspecified atom stereocenters. The molecule has 144 valence electrons. The van der Waals surface area contributed by atoms with Gasteiger partial charge >= 0.3 is 0 Å². The first-order chi connectivity index (χ1) is 13.0. The first kappa shape index (κ1) is 21.0. The van der Waals surface area contributed by atoms with Crippen LogP contribution in [0.2, 0.25) is 5.02 Å². The van der Waals surface area contributed by atoms with Crippen LogP contribution >= 0.6 is 11.6 Å². The fourth-order valence-electron chi connectivity index (χ4n) is 3.05. The molecule has 0 saturated carbocycles. The Morgan fingerprint density at radius 3 is 2.37 bits per heavy atom. The molecule has 0 heterocycles. The van der Waals surface area contributed by atoms with Crippen LogP contribution < -0.4 is 5.32 Å². The minimum Gasteiger partial charge on any atom is -0.357 e. The summed E-state index contributed by atoms with van der Waals surface area (Å²) < 4.78 is 0. The van der Waals surface area contributed by atoms with Crippen LogP contribution in [0.15, 0.2) is 48.5 Å². The van der Waals surface area contributed by atoms with Gasteiger partial charge in [-0.15, -0.1) is 0 Å². The van der Waals surface area contributed by atoms with Gasteiger partial charge in [0, 0.05) is 25.0 Å². The average molecular weight is 387 g/mol. The number of amides is 2. The van der Waals surface area contributed by atoms with Crippen LogP contribution in [0.3, 0.4) is 0 Å². The maximum atomic E-state index is 13.0. The zero-order valence-corrected chi connectivity index (χ0v) is 16.9. The van der Waals surface area contributed by atoms with Gasteiger partial charge in [0.1, 0.15) is 6.04 Å². The molecular weight excluding hydrogens is 360 g/mol. The van der Waals surface area contributed by atoms with Gasteiger partial charge in [-0.25, -0.2) is 0 Å². The average Bonchev–Trinajstić information content (AvgIpc) is 2.68. The lowest BCUT2D eigenvalue weighted by Gasteiger charge is -2.30. The third kappa shape index (κ3) is 5.83. The first-order valence-electron chi connectivity index (χ1n) is 9.26. The van der Waals surface area contributed by atoms with E-state index in [4.69, 9.17) is 11.6 Å². The molecule has 5 heteroatoms. The Bertz CT molecular complexity index is 774. The third-order valence-electron chi connectivity index (χ3n) is 4.68. The molecule has 0 aromatic heterocycles. The van der Waals surface area contributed by atoms with Gasteiger partial charge in [-0.1, -0.05) is 66.6 Å². The molecule has 2 rings (SSSR count). The number of carbonyl (C=O) groups is 2. The molecule has 0 aliphatic carbocycles. The van der Waals surface area contributed by atoms with Crippen LogP contribution in [0.25, 0.3) is 0 Å². The molecule has 1 N–H and O–H groups in total. The monoisotopic (exact) mass is 386 g/mol. The standard InChI is InChI=1S/C22H27ClN2O2/c1-4-20(22(27)24-3)25(15-18-7-5-6-8-19(18)23)21(26)14-13-17-11-9-16(2)10-12-17/h5-12,20H,4,13-15H2,1-3H3,(H,24,27). The minimum atomic E-state index is -0.517. The second-order valence-electron chi connectivity index (χ2n) is 6.64. The highest BCUT2D eigenvalue weighted by Crippen LogP contribution is 2.20. The van der Waals surface area contributed by atoms with Gasteiger partial charge in [0.05, 0.1) is 0 Å². The maximum Gasteiger partial charge on any atom is 0.242 e. The number of benzene rings is 2. The molecule has 0 aliphatic rings. The van der Waals surface area contributed by atoms with Gasteiger partial charge in [0.2, 0.25) is 11.8 Å². The van der Waals surface area contributed by atoms with E-state index < -0.39 is 6.04 Å². The van der Waals surface area contributed by atoms with E-state index in [9.17, 15) is 9.59 Å². The minimum absolute atomic E-state index is 0.0501. The first-order valence-corrected chi connectivity index (χ1v) is 9.64. The number of nitrogens with zero attached hydrogens (tertiary/aromatic N) is 1. The molecule has 0 aliphatic heterocycles. The van der Waals surface area contributed by atoms with Crippen LogP contribution in [0.5, 0.6) is 0 Å². The summed E-state index contributed by atoms with van der Waals surface area (Å²) in [5.41, 5.74) is 3.14. The van der Waals surface area contributed by atoms with Crippen molar-refractivity contribution in [1.29, 1.82) is 0 Å². The predicted octanol–water partition coefficient (Wildman–Crippen LogP) is 4.13. The summed E-state index contributed by atoms with van der Waals surface area (Å²) >= 11 is 6.28. The molecule has 2 aromatic carbocycles. The number of rotatable bonds is 8. The van der Waals surface area contributed by atoms with E-state index in [2.05, 4.69) is 5.32 Å². The van der Waals surface area contributed by atoms with Crippen molar-refractivity contribution in [2.45, 2.75) is 45.7 Å². The summed E-state index contributed by atoms with van der Waals surface area (Å²) in [6.45, 7) is 4.26. The summed E-state index contributed by atoms with van der Waals surface area (Å²) in [5.74, 6) is -0.209. The van der Waals surface area contributed by atoms with Crippen LogP contribution in [0.4, 0.5) is 0 Å². The summed E-state index contributed by atoms with van der Waals surface area (Å²) in [6, 6.07) is 15.1. The summed E-state index contributed by atoms with van der Waals surface area (Å²) in [6.07, 6.45) is 1.53. The second-order valence-corrected chi connectivity index (χ2v) is 7.04. The van der Waals surface area contributed by atoms with Crippen molar-refractivity contribution in [3.8, 4) is 0 Å². The third-order valence-corrected chi connectivity index (χ3v) is 5.05. The van der Waals surface area contributed by atoms with Crippen molar-refractivity contribution in [2.75, 3.05) is 7.05 Å². The Kier molecular flexibility index (Phi) is 7.86. The fraction of sp³-hybridized carbons (Fsp3) is 0.364. The molecule has 0 spiro atoms. The van der Waals surface area contributed by atoms with Crippen molar-refractivity contribution in [3.05, 3.63) is 70.2 Å². The van der Waals surface area contributed by atoms with Crippen molar-refractivity contribution in [1.82, 2.24) is 10.2 Å². The Morgan fingerprint density at radius 1 is 1.11 bits per heavy atom. The Balaban J connectivity index is 2.19. The van der Waals surface area contributed by atoms with Crippen LogP contribution in [0, 0.1) is 6.92 Å². The number of nitrogens with one attached hydrogen (secondary N) is 1. The Morgan fingerprint density at radius 2 is 1.78 bits per heavy atom. The molecule has 2 aromatic rings. The van der Waals surface area contributed by atoms with Gasteiger partial charge in [-0.05, 0) is 37.0 Å². The normalized spacial score (nSPS) is 11.7. The molecule has 0 radical (unpaired) electrons. The van der Waals surface area contributed by atoms with E-state index in [1.165, 1.54) is 5.56 Å². The molecule has 0 fully saturated rings. The number of likely N-dealkylation sites (N-methyl/N-ethyl adjacent to an activating group) is 1. The fourth-order valence-corrected chi connectivity index (χ4v) is 3.24. The zero-order valence-electron chi connectivity index (χ0n) is 16.2. The van der Waals surface area contributed by atoms with Gasteiger partial charge in [0.15, 0.2) is 0 Å². The second kappa shape index (κ2) is 10.1. The number of halogens is 1. The highest BCUT2D eigenvalue weighted by molar-refractivity contribution is 6.31. The molecule has 0 saturated heterocycles. The van der Waals surface area contributed by atoms with E-state index in [0.29, 0.717) is 30.8 Å². The van der Waals surface area contributed by atoms with E-state index in [1.54, 1.807) is 18.0 Å². The van der Waals surface area contributed by atoms with Gasteiger partial charge in [-0.3, -0.25) is 9.59 Å². The molecule has 4 nitrogen and oxygen atoms in total. The maximum absolute atomic E-state index is 13.0. The SMILES string of the molecule is CCC(C(=O)NC)N(Cc1ccccc1Cl)C(=O)CCc1ccc(C)cc1. The van der Waals surface area contributed by atoms with Crippen LogP contribution in [0.1, 0.15) is 36.5 Å². The predicted molar refractivity (Wildman–Crippen MR) is 110 cm³/mol. The summed E-state index contributed by atoms with van der Waals surface area (Å²) in [4.78, 5) is 27.0. The van der Waals surface area contributed by atoms with Gasteiger partial charge < -0.3 is 10.2 Å². The van der Waals surface area contributed by atoms with Crippen molar-refractivity contribution in [3.63, 3.8) is 0 Å². The van der Waals surface area contributed by atoms with Crippen molar-refractivity contribution >= 4 is 23.4 Å². The van der Waals surface area contributed by atoms with Gasteiger partial charge in [-0.2, -0.15) is 0 Å². The zero-order chi connectivity index (χ0) is 19.8. The molecule has 0 bridgehead atoms. The lowest BCUT2D eigenvalue weighted by molar-refractivity contribution is -0.141. The lowest BCUT2D eigenvalue weighted by Crippen LogP contribution is -2.48. The molecular formula is C22H27ClN2O2. The highest BCUT2D eigenvalue weighted by atomic mass is 35.5. The lowest BCUT2D eigenvalue weighted by atomic mass is 10.1. The van der Waals surface area contributed by atoms with E-state index >= 15 is 0 Å². The highest BCUT2D eigenvalue weighted by Gasteiger charge is 2.28. The summed E-state index contributed by atoms with van der Waals surface area (Å²) in [5, 5.41) is 3.26. The largest absolute Gasteiger partial charge is 0.357 e. The topological polar surface area (TPSA) is 49.4 Å². The summed E-state index contributed by atoms with van der Waals surface area (Å²) in [7, 11) is 1.59. The Labute approximate surface area is 166 Å². The number of hydrogen-bond acceptors (Lipinski definition) is 2. The van der Waals surface area contributed by atoms with E-state index in [1.807, 2.05) is 56.3 Å². The van der Waals surface area contributed by atoms with Crippen molar-refractivity contribution < 1.29 is 9.59 Å². The smallest absolute Gasteiger partial charge is 0.242 e. The molecule has 27 heavy (non-hydrogen) atoms. The van der Waals surface area contributed by atoms with Crippen LogP contribution in [-0.4, -0.2) is 29.8 Å². The van der Waals surface area contributed by atoms with Crippen LogP contribution in [-0.2, 0) is 22.6 Å². The van der Waals surface area contributed by atoms with E-state index in [-0.39, 0.29) is 11.8 Å². The number of hydrogen-bond donors (Lipinski definition) is 1. The molecule has 2 amide bonds. The quantitative estimate of drug-likeness (QED) is 0.741. The number of carbonyl (C=O) groups excluding carboxylic acids is 2.